The third kappa shape index (κ3) is 2.84. The van der Waals surface area contributed by atoms with E-state index in [1.165, 1.54) is 17.6 Å². The molecule has 1 amide bonds. The van der Waals surface area contributed by atoms with Crippen LogP contribution >= 0.6 is 11.3 Å². The van der Waals surface area contributed by atoms with Crippen molar-refractivity contribution >= 4 is 28.9 Å². The molecule has 126 valence electrons. The molecule has 0 bridgehead atoms. The van der Waals surface area contributed by atoms with Crippen molar-refractivity contribution in [3.63, 3.8) is 0 Å². The number of anilines is 1. The second kappa shape index (κ2) is 6.77. The summed E-state index contributed by atoms with van der Waals surface area (Å²) in [5, 5.41) is 0. The van der Waals surface area contributed by atoms with Crippen molar-refractivity contribution in [3.8, 4) is 0 Å². The minimum absolute atomic E-state index is 0.0192. The van der Waals surface area contributed by atoms with Gasteiger partial charge >= 0.3 is 5.97 Å². The Labute approximate surface area is 146 Å². The van der Waals surface area contributed by atoms with Gasteiger partial charge in [0.25, 0.3) is 5.91 Å². The van der Waals surface area contributed by atoms with Crippen LogP contribution in [0.25, 0.3) is 0 Å². The molecule has 0 saturated heterocycles. The maximum Gasteiger partial charge on any atom is 0.338 e. The number of hydrogen-bond donors (Lipinski definition) is 0. The summed E-state index contributed by atoms with van der Waals surface area (Å²) in [6.45, 7) is 4.83. The molecule has 0 saturated carbocycles. The van der Waals surface area contributed by atoms with E-state index in [1.807, 2.05) is 25.1 Å². The van der Waals surface area contributed by atoms with Gasteiger partial charge in [0.1, 0.15) is 0 Å². The molecule has 0 unspecified atom stereocenters. The summed E-state index contributed by atoms with van der Waals surface area (Å²) in [6, 6.07) is 7.47. The normalized spacial score (nSPS) is 13.5. The number of benzene rings is 1. The molecule has 4 nitrogen and oxygen atoms in total. The summed E-state index contributed by atoms with van der Waals surface area (Å²) in [5.41, 5.74) is 3.47. The maximum atomic E-state index is 13.0. The van der Waals surface area contributed by atoms with Crippen LogP contribution in [0.4, 0.5) is 5.69 Å². The van der Waals surface area contributed by atoms with E-state index in [0.717, 1.165) is 35.4 Å². The summed E-state index contributed by atoms with van der Waals surface area (Å²) in [6.07, 6.45) is 2.57. The lowest BCUT2D eigenvalue weighted by atomic mass is 9.96. The van der Waals surface area contributed by atoms with E-state index < -0.39 is 0 Å². The van der Waals surface area contributed by atoms with E-state index in [9.17, 15) is 9.59 Å². The average molecular weight is 343 g/mol. The molecule has 3 rings (SSSR count). The highest BCUT2D eigenvalue weighted by Gasteiger charge is 2.28. The fourth-order valence-corrected chi connectivity index (χ4v) is 4.31. The summed E-state index contributed by atoms with van der Waals surface area (Å²) >= 11 is 1.57. The van der Waals surface area contributed by atoms with Gasteiger partial charge in [-0.15, -0.1) is 11.3 Å². The van der Waals surface area contributed by atoms with Crippen LogP contribution in [-0.2, 0) is 17.6 Å². The molecule has 0 radical (unpaired) electrons. The highest BCUT2D eigenvalue weighted by molar-refractivity contribution is 7.14. The quantitative estimate of drug-likeness (QED) is 0.792. The smallest absolute Gasteiger partial charge is 0.338 e. The molecule has 0 fully saturated rings. The Hall–Kier alpha value is -2.14. The number of carbonyl (C=O) groups is 2. The van der Waals surface area contributed by atoms with Crippen LogP contribution in [0.2, 0.25) is 0 Å². The molecular formula is C19H21NO3S. The number of fused-ring (bicyclic) bond motifs is 1. The van der Waals surface area contributed by atoms with Gasteiger partial charge in [0.05, 0.1) is 17.6 Å². The number of ether oxygens (including phenoxy) is 1. The van der Waals surface area contributed by atoms with E-state index in [1.54, 1.807) is 22.3 Å². The Kier molecular flexibility index (Phi) is 4.71. The Morgan fingerprint density at radius 2 is 2.12 bits per heavy atom. The van der Waals surface area contributed by atoms with Crippen LogP contribution in [0.1, 0.15) is 49.4 Å². The van der Waals surface area contributed by atoms with Crippen LogP contribution < -0.4 is 4.90 Å². The molecule has 1 aliphatic rings. The zero-order valence-corrected chi connectivity index (χ0v) is 15.0. The number of amides is 1. The van der Waals surface area contributed by atoms with Crippen molar-refractivity contribution in [2.45, 2.75) is 33.1 Å². The minimum atomic E-state index is -0.346. The van der Waals surface area contributed by atoms with Gasteiger partial charge < -0.3 is 9.64 Å². The molecule has 0 aliphatic carbocycles. The summed E-state index contributed by atoms with van der Waals surface area (Å²) in [7, 11) is 1.38. The molecule has 0 N–H and O–H groups in total. The fraction of sp³-hybridized carbons (Fsp3) is 0.368. The predicted octanol–water partition coefficient (Wildman–Crippen LogP) is 4.00. The van der Waals surface area contributed by atoms with Crippen molar-refractivity contribution in [2.24, 2.45) is 0 Å². The zero-order valence-electron chi connectivity index (χ0n) is 14.2. The summed E-state index contributed by atoms with van der Waals surface area (Å²) < 4.78 is 4.88. The molecule has 24 heavy (non-hydrogen) atoms. The van der Waals surface area contributed by atoms with Crippen molar-refractivity contribution in [3.05, 3.63) is 50.7 Å². The molecule has 5 heteroatoms. The number of esters is 1. The third-order valence-corrected chi connectivity index (χ3v) is 5.82. The number of methoxy groups -OCH3 is 1. The van der Waals surface area contributed by atoms with Gasteiger partial charge in [-0.05, 0) is 55.5 Å². The van der Waals surface area contributed by atoms with E-state index in [4.69, 9.17) is 4.74 Å². The van der Waals surface area contributed by atoms with Gasteiger partial charge in [-0.25, -0.2) is 4.79 Å². The van der Waals surface area contributed by atoms with Crippen LogP contribution in [0.15, 0.2) is 24.3 Å². The Morgan fingerprint density at radius 3 is 2.79 bits per heavy atom. The monoisotopic (exact) mass is 343 g/mol. The average Bonchev–Trinajstić information content (AvgIpc) is 3.00. The van der Waals surface area contributed by atoms with Crippen molar-refractivity contribution in [2.75, 3.05) is 18.6 Å². The first kappa shape index (κ1) is 16.7. The number of aryl methyl sites for hydroxylation is 2. The lowest BCUT2D eigenvalue weighted by molar-refractivity contribution is 0.0599. The Morgan fingerprint density at radius 1 is 1.33 bits per heavy atom. The first-order chi connectivity index (χ1) is 11.6. The summed E-state index contributed by atoms with van der Waals surface area (Å²) in [4.78, 5) is 28.8. The number of hydrogen-bond acceptors (Lipinski definition) is 4. The summed E-state index contributed by atoms with van der Waals surface area (Å²) in [5.74, 6) is -0.327. The first-order valence-corrected chi connectivity index (χ1v) is 8.99. The van der Waals surface area contributed by atoms with Gasteiger partial charge in [-0.3, -0.25) is 4.79 Å². The standard InChI is InChI=1S/C19H21NO3S/c1-4-16-12(2)11-17(24-16)18(21)20-10-6-8-13-14(19(22)23-3)7-5-9-15(13)20/h5,7,9,11H,4,6,8,10H2,1-3H3. The third-order valence-electron chi connectivity index (χ3n) is 4.45. The maximum absolute atomic E-state index is 13.0. The van der Waals surface area contributed by atoms with Crippen LogP contribution in [0.3, 0.4) is 0 Å². The number of nitrogens with zero attached hydrogens (tertiary/aromatic N) is 1. The van der Waals surface area contributed by atoms with E-state index in [-0.39, 0.29) is 11.9 Å². The SMILES string of the molecule is CCc1sc(C(=O)N2CCCc3c(C(=O)OC)cccc32)cc1C. The van der Waals surface area contributed by atoms with Gasteiger partial charge in [-0.1, -0.05) is 13.0 Å². The Balaban J connectivity index is 2.00. The second-order valence-corrected chi connectivity index (χ2v) is 7.06. The number of carbonyl (C=O) groups excluding carboxylic acids is 2. The van der Waals surface area contributed by atoms with Gasteiger partial charge in [-0.2, -0.15) is 0 Å². The number of thiophene rings is 1. The molecule has 2 aromatic rings. The predicted molar refractivity (Wildman–Crippen MR) is 96.2 cm³/mol. The van der Waals surface area contributed by atoms with Crippen LogP contribution in [-0.4, -0.2) is 25.5 Å². The lowest BCUT2D eigenvalue weighted by Crippen LogP contribution is -2.35. The minimum Gasteiger partial charge on any atom is -0.465 e. The molecule has 0 spiro atoms. The first-order valence-electron chi connectivity index (χ1n) is 8.18. The molecule has 2 heterocycles. The fourth-order valence-electron chi connectivity index (χ4n) is 3.25. The largest absolute Gasteiger partial charge is 0.465 e. The van der Waals surface area contributed by atoms with Crippen molar-refractivity contribution in [1.29, 1.82) is 0 Å². The van der Waals surface area contributed by atoms with Gasteiger partial charge in [0, 0.05) is 17.1 Å². The molecule has 1 aromatic heterocycles. The van der Waals surface area contributed by atoms with E-state index in [2.05, 4.69) is 6.92 Å². The lowest BCUT2D eigenvalue weighted by Gasteiger charge is -2.30. The van der Waals surface area contributed by atoms with Crippen LogP contribution in [0.5, 0.6) is 0 Å². The van der Waals surface area contributed by atoms with E-state index >= 15 is 0 Å². The Bertz CT molecular complexity index is 794. The van der Waals surface area contributed by atoms with Crippen molar-refractivity contribution < 1.29 is 14.3 Å². The van der Waals surface area contributed by atoms with Crippen molar-refractivity contribution in [1.82, 2.24) is 0 Å². The highest BCUT2D eigenvalue weighted by atomic mass is 32.1. The van der Waals surface area contributed by atoms with Gasteiger partial charge in [0.15, 0.2) is 0 Å². The van der Waals surface area contributed by atoms with E-state index in [0.29, 0.717) is 12.1 Å². The highest BCUT2D eigenvalue weighted by Crippen LogP contribution is 2.33. The zero-order chi connectivity index (χ0) is 17.3. The topological polar surface area (TPSA) is 46.6 Å². The molecule has 0 atom stereocenters. The number of rotatable bonds is 3. The van der Waals surface area contributed by atoms with Gasteiger partial charge in [0.2, 0.25) is 0 Å². The molecule has 1 aromatic carbocycles. The molecule has 1 aliphatic heterocycles. The van der Waals surface area contributed by atoms with Crippen LogP contribution in [0, 0.1) is 6.92 Å². The molecular weight excluding hydrogens is 322 g/mol. The second-order valence-electron chi connectivity index (χ2n) is 5.93.